The van der Waals surface area contributed by atoms with Crippen LogP contribution >= 0.6 is 0 Å². The molecule has 12 unspecified atom stereocenters. The van der Waals surface area contributed by atoms with Crippen LogP contribution in [0.2, 0.25) is 0 Å². The highest BCUT2D eigenvalue weighted by molar-refractivity contribution is 5.66. The third-order valence-electron chi connectivity index (χ3n) is 20.8. The minimum absolute atomic E-state index is 0.0533. The second kappa shape index (κ2) is 39.7. The van der Waals surface area contributed by atoms with E-state index >= 15 is 0 Å². The summed E-state index contributed by atoms with van der Waals surface area (Å²) < 4.78 is 119. The summed E-state index contributed by atoms with van der Waals surface area (Å²) >= 11 is 0. The monoisotopic (exact) mass is 1470 g/mol. The van der Waals surface area contributed by atoms with Gasteiger partial charge in [-0.05, 0) is 84.1 Å². The Bertz CT molecular complexity index is 3430. The predicted molar refractivity (Wildman–Crippen MR) is 375 cm³/mol. The van der Waals surface area contributed by atoms with Crippen molar-refractivity contribution in [2.45, 2.75) is 264 Å². The maximum Gasteiger partial charge on any atom is 0.302 e. The van der Waals surface area contributed by atoms with E-state index in [-0.39, 0.29) is 57.4 Å². The Hall–Kier alpha value is -7.04. The zero-order valence-electron chi connectivity index (χ0n) is 62.0. The van der Waals surface area contributed by atoms with Crippen LogP contribution in [0.5, 0.6) is 0 Å². The number of carbonyl (C=O) groups is 3. The van der Waals surface area contributed by atoms with E-state index in [4.69, 9.17) is 91.7 Å². The molecule has 105 heavy (non-hydrogen) atoms. The molecule has 3 aromatic carbocycles. The predicted octanol–water partition coefficient (Wildman–Crippen LogP) is 11.7. The molecule has 6 aliphatic rings. The third kappa shape index (κ3) is 21.4. The van der Waals surface area contributed by atoms with Crippen LogP contribution in [0.15, 0.2) is 106 Å². The number of esters is 3. The number of unbranched alkanes of at least 4 members (excludes halogenated alkanes) is 1. The molecule has 0 bridgehead atoms. The second-order valence-corrected chi connectivity index (χ2v) is 28.2. The summed E-state index contributed by atoms with van der Waals surface area (Å²) in [7, 11) is 0. The zero-order valence-corrected chi connectivity index (χ0v) is 62.0. The van der Waals surface area contributed by atoms with Gasteiger partial charge in [0.2, 0.25) is 0 Å². The highest BCUT2D eigenvalue weighted by atomic mass is 16.8. The lowest BCUT2D eigenvalue weighted by Crippen LogP contribution is -2.64. The average molecular weight is 1470 g/mol. The maximum absolute atomic E-state index is 12.8. The van der Waals surface area contributed by atoms with E-state index in [1.807, 2.05) is 146 Å². The normalized spacial score (nSPS) is 37.6. The van der Waals surface area contributed by atoms with Crippen molar-refractivity contribution in [3.05, 3.63) is 139 Å². The quantitative estimate of drug-likeness (QED) is 0.0107. The molecule has 0 aromatic heterocycles. The van der Waals surface area contributed by atoms with E-state index in [1.54, 1.807) is 13.8 Å². The van der Waals surface area contributed by atoms with E-state index in [9.17, 15) is 31.0 Å². The van der Waals surface area contributed by atoms with E-state index in [0.717, 1.165) is 16.7 Å². The van der Waals surface area contributed by atoms with E-state index in [0.29, 0.717) is 19.4 Å². The van der Waals surface area contributed by atoms with Crippen LogP contribution in [0.4, 0.5) is 0 Å². The summed E-state index contributed by atoms with van der Waals surface area (Å²) in [5, 5.41) is 12.7. The molecule has 30 atom stereocenters. The first-order valence-electron chi connectivity index (χ1n) is 36.3. The van der Waals surface area contributed by atoms with Crippen molar-refractivity contribution < 1.29 is 99.6 Å². The van der Waals surface area contributed by atoms with Crippen molar-refractivity contribution in [1.82, 2.24) is 0 Å². The molecule has 0 N–H and O–H groups in total. The maximum atomic E-state index is 12.8. The number of ether oxygens (including phenoxy) is 18. The molecule has 6 fully saturated rings. The van der Waals surface area contributed by atoms with Crippen molar-refractivity contribution in [2.75, 3.05) is 26.4 Å². The largest absolute Gasteiger partial charge is 0.463 e. The van der Waals surface area contributed by atoms with Crippen LogP contribution in [-0.2, 0) is 119 Å². The molecule has 9 rings (SSSR count). The van der Waals surface area contributed by atoms with Crippen molar-refractivity contribution >= 4 is 17.9 Å². The van der Waals surface area contributed by atoms with Gasteiger partial charge in [-0.3, -0.25) is 14.4 Å². The SMILES string of the molecule is C#CCCCO[C@@H]1OC(C)[C@H](O[C@@H]2OC(COC(C)=O)[C@H](O[C@@H]3OC(C)[C@H](O[C@@H]4OC(COC(C)=O)[C@H](O[C@@H]5OC(C)[C@H](O[C@@H]6OC(COC(C)=O)[C@H](C)[C@H](C)C6N=[N+]=[N-])[C@@H](OCc6ccccc6)C5C)[C@H](C)C4N=[N+]=[N-])[C@@H](OCc4ccccc4)C3C)[C@H](C)C2N=[N+]=[N-])[C@@H](OCc2ccccc2)C1C. The smallest absolute Gasteiger partial charge is 0.302 e. The molecular formula is C75H103N9O21. The molecule has 0 amide bonds. The van der Waals surface area contributed by atoms with Crippen molar-refractivity contribution in [1.29, 1.82) is 0 Å². The molecule has 3 aromatic rings. The van der Waals surface area contributed by atoms with E-state index in [2.05, 4.69) is 36.0 Å². The van der Waals surface area contributed by atoms with Gasteiger partial charge in [0.15, 0.2) is 37.7 Å². The van der Waals surface area contributed by atoms with Crippen LogP contribution < -0.4 is 0 Å². The van der Waals surface area contributed by atoms with Gasteiger partial charge in [-0.1, -0.05) is 155 Å². The number of nitrogens with zero attached hydrogens (tertiary/aromatic N) is 9. The average Bonchev–Trinajstić information content (AvgIpc) is 0.769. The molecule has 574 valence electrons. The minimum Gasteiger partial charge on any atom is -0.463 e. The van der Waals surface area contributed by atoms with Gasteiger partial charge >= 0.3 is 17.9 Å². The Morgan fingerprint density at radius 2 is 0.705 bits per heavy atom. The molecule has 6 saturated heterocycles. The number of benzene rings is 3. The Morgan fingerprint density at radius 3 is 1.05 bits per heavy atom. The Kier molecular flexibility index (Phi) is 31.0. The van der Waals surface area contributed by atoms with Gasteiger partial charge in [-0.2, -0.15) is 0 Å². The van der Waals surface area contributed by atoms with E-state index in [1.165, 1.54) is 20.8 Å². The zero-order chi connectivity index (χ0) is 75.4. The van der Waals surface area contributed by atoms with Gasteiger partial charge in [0.1, 0.15) is 50.3 Å². The van der Waals surface area contributed by atoms with Crippen molar-refractivity contribution in [3.8, 4) is 12.3 Å². The fraction of sp³-hybridized carbons (Fsp3) is 0.693. The number of rotatable bonds is 32. The molecule has 30 nitrogen and oxygen atoms in total. The third-order valence-corrected chi connectivity index (χ3v) is 20.8. The standard InChI is InChI=1S/C75H103N9O21/c1-15-16-26-33-88-70-44(6)64(92-34-53-27-20-17-21-28-53)67(47(9)95-70)104-74-60(80-83-77)42(4)62(57(99-74)38-90-51(13)86)102-72-46(8)66(94-36-55-31-24-19-25-32-55)69(49(11)97-72)105-75-61(81-84-78)43(5)63(58(100-75)39-91-52(14)87)101-71-45(7)65(93-35-54-29-22-18-23-30-54)68(48(10)96-71)103-73-59(79-82-76)41(3)40(2)56(98-73)37-89-50(12)85/h1,17-25,27-32,40-49,56-75H,16,26,33-39H2,2-14H3/t40-,41+,42-,43-,44?,45?,46?,47?,48?,49?,56?,57?,58?,59?,60?,61?,62-,63-,64+,65+,66+,67+,68+,69+,70-,71+,72+,73+,74+,75+/m1/s1. The Balaban J connectivity index is 0.967. The summed E-state index contributed by atoms with van der Waals surface area (Å²) in [6, 6.07) is 25.8. The molecule has 6 aliphatic heterocycles. The summed E-state index contributed by atoms with van der Waals surface area (Å²) in [6.07, 6.45) is -11.8. The number of azide groups is 3. The van der Waals surface area contributed by atoms with Gasteiger partial charge in [-0.25, -0.2) is 0 Å². The molecule has 0 saturated carbocycles. The van der Waals surface area contributed by atoms with Crippen LogP contribution in [-0.4, -0.2) is 186 Å². The molecule has 6 heterocycles. The summed E-state index contributed by atoms with van der Waals surface area (Å²) in [5.74, 6) is -2.64. The van der Waals surface area contributed by atoms with Crippen LogP contribution in [0, 0.1) is 53.8 Å². The van der Waals surface area contributed by atoms with Crippen molar-refractivity contribution in [3.63, 3.8) is 0 Å². The fourth-order valence-corrected chi connectivity index (χ4v) is 14.6. The van der Waals surface area contributed by atoms with Gasteiger partial charge in [0, 0.05) is 59.7 Å². The molecule has 0 aliphatic carbocycles. The van der Waals surface area contributed by atoms with E-state index < -0.39 is 183 Å². The highest BCUT2D eigenvalue weighted by Crippen LogP contribution is 2.44. The minimum atomic E-state index is -1.35. The number of hydrogen-bond donors (Lipinski definition) is 0. The Labute approximate surface area is 613 Å². The summed E-state index contributed by atoms with van der Waals surface area (Å²) in [4.78, 5) is 47.2. The van der Waals surface area contributed by atoms with Gasteiger partial charge < -0.3 is 85.3 Å². The second-order valence-electron chi connectivity index (χ2n) is 28.2. The first kappa shape index (κ1) is 82.0. The topological polar surface area (TPSA) is 364 Å². The van der Waals surface area contributed by atoms with Crippen LogP contribution in [0.1, 0.15) is 120 Å². The molecule has 0 spiro atoms. The first-order valence-corrected chi connectivity index (χ1v) is 36.3. The lowest BCUT2D eigenvalue weighted by atomic mass is 9.82. The number of terminal acetylenes is 1. The summed E-state index contributed by atoms with van der Waals surface area (Å²) in [5.41, 5.74) is 33.1. The molecule has 0 radical (unpaired) electrons. The van der Waals surface area contributed by atoms with Crippen molar-refractivity contribution in [2.24, 2.45) is 56.8 Å². The number of carbonyl (C=O) groups excluding carboxylic acids is 3. The van der Waals surface area contributed by atoms with Gasteiger partial charge in [-0.15, -0.1) is 12.3 Å². The summed E-state index contributed by atoms with van der Waals surface area (Å²) in [6.45, 7) is 22.7. The molecular weight excluding hydrogens is 1360 g/mol. The Morgan fingerprint density at radius 1 is 0.390 bits per heavy atom. The van der Waals surface area contributed by atoms with Gasteiger partial charge in [0.05, 0.1) is 99.5 Å². The lowest BCUT2D eigenvalue weighted by molar-refractivity contribution is -0.370. The molecule has 30 heteroatoms. The number of hydrogen-bond acceptors (Lipinski definition) is 24. The lowest BCUT2D eigenvalue weighted by Gasteiger charge is -2.52. The van der Waals surface area contributed by atoms with Crippen LogP contribution in [0.25, 0.3) is 31.3 Å². The highest BCUT2D eigenvalue weighted by Gasteiger charge is 2.57. The van der Waals surface area contributed by atoms with Crippen LogP contribution in [0.3, 0.4) is 0 Å². The van der Waals surface area contributed by atoms with Gasteiger partial charge in [0.25, 0.3) is 0 Å². The first-order chi connectivity index (χ1) is 50.5. The fourth-order valence-electron chi connectivity index (χ4n) is 14.6.